The van der Waals surface area contributed by atoms with Crippen molar-refractivity contribution < 1.29 is 14.7 Å². The summed E-state index contributed by atoms with van der Waals surface area (Å²) in [5.41, 5.74) is 0.637. The molecule has 0 fully saturated rings. The zero-order valence-electron chi connectivity index (χ0n) is 9.11. The minimum atomic E-state index is -1.13. The molecule has 2 heterocycles. The lowest BCUT2D eigenvalue weighted by Gasteiger charge is -2.10. The second-order valence-corrected chi connectivity index (χ2v) is 4.92. The van der Waals surface area contributed by atoms with Crippen LogP contribution in [-0.4, -0.2) is 26.4 Å². The number of hydrogen-bond acceptors (Lipinski definition) is 4. The molecule has 1 atom stereocenters. The second kappa shape index (κ2) is 3.99. The van der Waals surface area contributed by atoms with Gasteiger partial charge in [0.05, 0.1) is 0 Å². The minimum Gasteiger partial charge on any atom is -0.475 e. The van der Waals surface area contributed by atoms with Gasteiger partial charge in [-0.15, -0.1) is 0 Å². The lowest BCUT2D eigenvalue weighted by molar-refractivity contribution is 0.0678. The SMILES string of the molecule is O=C(O)c1nccn1C1Sc2ccccc2C1=O. The molecule has 3 rings (SSSR count). The predicted octanol–water partition coefficient (Wildman–Crippen LogP) is 2.07. The van der Waals surface area contributed by atoms with Crippen molar-refractivity contribution in [2.24, 2.45) is 0 Å². The van der Waals surface area contributed by atoms with Gasteiger partial charge < -0.3 is 9.67 Å². The van der Waals surface area contributed by atoms with Crippen molar-refractivity contribution in [3.05, 3.63) is 48.0 Å². The molecule has 1 aromatic heterocycles. The second-order valence-electron chi connectivity index (χ2n) is 3.79. The van der Waals surface area contributed by atoms with E-state index in [1.165, 1.54) is 28.7 Å². The summed E-state index contributed by atoms with van der Waals surface area (Å²) in [5, 5.41) is 8.44. The highest BCUT2D eigenvalue weighted by Crippen LogP contribution is 2.43. The summed E-state index contributed by atoms with van der Waals surface area (Å²) in [5.74, 6) is -1.34. The number of rotatable bonds is 2. The molecular formula is C12H8N2O3S. The minimum absolute atomic E-state index is 0.0869. The van der Waals surface area contributed by atoms with Gasteiger partial charge in [-0.05, 0) is 6.07 Å². The van der Waals surface area contributed by atoms with Gasteiger partial charge in [-0.2, -0.15) is 0 Å². The molecule has 0 bridgehead atoms. The number of carbonyl (C=O) groups is 2. The molecule has 2 aromatic rings. The van der Waals surface area contributed by atoms with Crippen LogP contribution >= 0.6 is 11.8 Å². The molecule has 1 unspecified atom stereocenters. The highest BCUT2D eigenvalue weighted by molar-refractivity contribution is 8.00. The molecule has 5 nitrogen and oxygen atoms in total. The van der Waals surface area contributed by atoms with Crippen molar-refractivity contribution in [2.75, 3.05) is 0 Å². The van der Waals surface area contributed by atoms with E-state index in [2.05, 4.69) is 4.98 Å². The van der Waals surface area contributed by atoms with Gasteiger partial charge in [0.1, 0.15) is 5.37 Å². The zero-order chi connectivity index (χ0) is 12.7. The highest BCUT2D eigenvalue weighted by Gasteiger charge is 2.34. The molecule has 0 amide bonds. The van der Waals surface area contributed by atoms with Gasteiger partial charge >= 0.3 is 5.97 Å². The fourth-order valence-corrected chi connectivity index (χ4v) is 3.14. The Morgan fingerprint density at radius 3 is 2.89 bits per heavy atom. The number of carbonyl (C=O) groups excluding carboxylic acids is 1. The Labute approximate surface area is 106 Å². The Bertz CT molecular complexity index is 650. The fourth-order valence-electron chi connectivity index (χ4n) is 1.93. The highest BCUT2D eigenvalue weighted by atomic mass is 32.2. The van der Waals surface area contributed by atoms with Gasteiger partial charge in [0.15, 0.2) is 5.78 Å². The van der Waals surface area contributed by atoms with E-state index in [4.69, 9.17) is 5.11 Å². The number of aromatic nitrogens is 2. The average molecular weight is 260 g/mol. The zero-order valence-corrected chi connectivity index (χ0v) is 9.92. The summed E-state index contributed by atoms with van der Waals surface area (Å²) in [6.07, 6.45) is 2.91. The lowest BCUT2D eigenvalue weighted by Crippen LogP contribution is -2.17. The number of hydrogen-bond donors (Lipinski definition) is 1. The average Bonchev–Trinajstić information content (AvgIpc) is 2.94. The first-order valence-electron chi connectivity index (χ1n) is 5.24. The fraction of sp³-hybridized carbons (Fsp3) is 0.0833. The van der Waals surface area contributed by atoms with Gasteiger partial charge in [0, 0.05) is 22.9 Å². The number of aromatic carboxylic acids is 1. The van der Waals surface area contributed by atoms with Crippen molar-refractivity contribution in [1.29, 1.82) is 0 Å². The largest absolute Gasteiger partial charge is 0.475 e. The molecular weight excluding hydrogens is 252 g/mol. The van der Waals surface area contributed by atoms with E-state index in [1.54, 1.807) is 12.1 Å². The first-order chi connectivity index (χ1) is 8.68. The Balaban J connectivity index is 2.04. The molecule has 1 aliphatic rings. The van der Waals surface area contributed by atoms with E-state index < -0.39 is 11.3 Å². The topological polar surface area (TPSA) is 72.2 Å². The number of ketones is 1. The molecule has 0 radical (unpaired) electrons. The van der Waals surface area contributed by atoms with Gasteiger partial charge in [-0.1, -0.05) is 30.0 Å². The molecule has 1 aliphatic heterocycles. The number of Topliss-reactive ketones (excluding diaryl/α,β-unsaturated/α-hetero) is 1. The summed E-state index contributed by atoms with van der Waals surface area (Å²) >= 11 is 1.34. The Kier molecular flexibility index (Phi) is 2.45. The van der Waals surface area contributed by atoms with Crippen molar-refractivity contribution in [3.8, 4) is 0 Å². The van der Waals surface area contributed by atoms with Crippen LogP contribution in [0.3, 0.4) is 0 Å². The van der Waals surface area contributed by atoms with Gasteiger partial charge in [0.2, 0.25) is 5.82 Å². The molecule has 0 saturated carbocycles. The van der Waals surface area contributed by atoms with Gasteiger partial charge in [-0.3, -0.25) is 4.79 Å². The van der Waals surface area contributed by atoms with E-state index in [-0.39, 0.29) is 11.6 Å². The monoisotopic (exact) mass is 260 g/mol. The maximum absolute atomic E-state index is 12.2. The molecule has 1 N–H and O–H groups in total. The lowest BCUT2D eigenvalue weighted by atomic mass is 10.1. The van der Waals surface area contributed by atoms with Crippen LogP contribution in [0, 0.1) is 0 Å². The van der Waals surface area contributed by atoms with E-state index in [1.807, 2.05) is 12.1 Å². The third-order valence-corrected chi connectivity index (χ3v) is 4.00. The van der Waals surface area contributed by atoms with Crippen LogP contribution < -0.4 is 0 Å². The summed E-state index contributed by atoms with van der Waals surface area (Å²) in [6, 6.07) is 7.26. The van der Waals surface area contributed by atoms with Crippen LogP contribution in [0.2, 0.25) is 0 Å². The number of imidazole rings is 1. The molecule has 18 heavy (non-hydrogen) atoms. The Morgan fingerprint density at radius 2 is 2.17 bits per heavy atom. The predicted molar refractivity (Wildman–Crippen MR) is 64.9 cm³/mol. The van der Waals surface area contributed by atoms with Crippen LogP contribution in [0.15, 0.2) is 41.6 Å². The number of carboxylic acid groups (broad SMARTS) is 1. The van der Waals surface area contributed by atoms with Crippen molar-refractivity contribution >= 4 is 23.5 Å². The summed E-state index contributed by atoms with van der Waals surface area (Å²) < 4.78 is 1.40. The van der Waals surface area contributed by atoms with Gasteiger partial charge in [0.25, 0.3) is 0 Å². The number of fused-ring (bicyclic) bond motifs is 1. The van der Waals surface area contributed by atoms with Crippen LogP contribution in [0.1, 0.15) is 26.4 Å². The maximum Gasteiger partial charge on any atom is 0.372 e. The van der Waals surface area contributed by atoms with E-state index in [0.717, 1.165) is 4.90 Å². The number of thioether (sulfide) groups is 1. The number of benzene rings is 1. The van der Waals surface area contributed by atoms with Crippen LogP contribution in [0.5, 0.6) is 0 Å². The third-order valence-electron chi connectivity index (χ3n) is 2.73. The summed E-state index contributed by atoms with van der Waals surface area (Å²) in [7, 11) is 0. The number of carboxylic acids is 1. The standard InChI is InChI=1S/C12H8N2O3S/c15-9-7-3-1-2-4-8(7)18-11(9)14-6-5-13-10(14)12(16)17/h1-6,11H,(H,16,17). The quantitative estimate of drug-likeness (QED) is 0.894. The van der Waals surface area contributed by atoms with Crippen LogP contribution in [0.25, 0.3) is 0 Å². The van der Waals surface area contributed by atoms with Crippen LogP contribution in [-0.2, 0) is 0 Å². The summed E-state index contributed by atoms with van der Waals surface area (Å²) in [6.45, 7) is 0. The first kappa shape index (κ1) is 11.0. The van der Waals surface area contributed by atoms with Crippen molar-refractivity contribution in [2.45, 2.75) is 10.3 Å². The normalized spacial score (nSPS) is 17.8. The Hall–Kier alpha value is -2.08. The third kappa shape index (κ3) is 1.53. The molecule has 1 aromatic carbocycles. The molecule has 0 aliphatic carbocycles. The summed E-state index contributed by atoms with van der Waals surface area (Å²) in [4.78, 5) is 27.9. The number of nitrogens with zero attached hydrogens (tertiary/aromatic N) is 2. The van der Waals surface area contributed by atoms with E-state index >= 15 is 0 Å². The van der Waals surface area contributed by atoms with E-state index in [9.17, 15) is 9.59 Å². The molecule has 0 spiro atoms. The Morgan fingerprint density at radius 1 is 1.39 bits per heavy atom. The smallest absolute Gasteiger partial charge is 0.372 e. The molecule has 90 valence electrons. The van der Waals surface area contributed by atoms with Crippen molar-refractivity contribution in [3.63, 3.8) is 0 Å². The maximum atomic E-state index is 12.2. The molecule has 6 heteroatoms. The molecule has 0 saturated heterocycles. The van der Waals surface area contributed by atoms with Crippen LogP contribution in [0.4, 0.5) is 0 Å². The van der Waals surface area contributed by atoms with Crippen molar-refractivity contribution in [1.82, 2.24) is 9.55 Å². The van der Waals surface area contributed by atoms with E-state index in [0.29, 0.717) is 5.56 Å². The van der Waals surface area contributed by atoms with Gasteiger partial charge in [-0.25, -0.2) is 9.78 Å². The first-order valence-corrected chi connectivity index (χ1v) is 6.12.